The molecular formula is C19H17F2N3O2. The molecule has 0 radical (unpaired) electrons. The molecule has 0 bridgehead atoms. The van der Waals surface area contributed by atoms with Crippen molar-refractivity contribution < 1.29 is 18.3 Å². The van der Waals surface area contributed by atoms with Crippen LogP contribution in [0.4, 0.5) is 8.78 Å². The topological polar surface area (TPSA) is 56.1 Å². The Balaban J connectivity index is 1.83. The van der Waals surface area contributed by atoms with Crippen LogP contribution in [0.15, 0.2) is 48.5 Å². The monoisotopic (exact) mass is 357 g/mol. The molecule has 0 aliphatic heterocycles. The highest BCUT2D eigenvalue weighted by Crippen LogP contribution is 2.30. The van der Waals surface area contributed by atoms with Crippen LogP contribution in [0.5, 0.6) is 5.75 Å². The maximum Gasteiger partial charge on any atom is 0.272 e. The lowest BCUT2D eigenvalue weighted by Gasteiger charge is -2.08. The zero-order chi connectivity index (χ0) is 18.7. The van der Waals surface area contributed by atoms with Crippen LogP contribution in [0.1, 0.15) is 16.1 Å². The molecule has 5 nitrogen and oxygen atoms in total. The quantitative estimate of drug-likeness (QED) is 0.762. The van der Waals surface area contributed by atoms with Gasteiger partial charge in [0.15, 0.2) is 5.69 Å². The van der Waals surface area contributed by atoms with Crippen molar-refractivity contribution in [3.8, 4) is 17.0 Å². The van der Waals surface area contributed by atoms with Gasteiger partial charge in [0.25, 0.3) is 5.91 Å². The summed E-state index contributed by atoms with van der Waals surface area (Å²) >= 11 is 0. The number of nitrogens with zero attached hydrogens (tertiary/aromatic N) is 2. The molecule has 0 spiro atoms. The smallest absolute Gasteiger partial charge is 0.272 e. The van der Waals surface area contributed by atoms with Gasteiger partial charge in [-0.05, 0) is 30.3 Å². The molecule has 134 valence electrons. The number of amides is 1. The van der Waals surface area contributed by atoms with Gasteiger partial charge in [0.1, 0.15) is 17.4 Å². The van der Waals surface area contributed by atoms with E-state index < -0.39 is 11.7 Å². The Hall–Kier alpha value is -3.22. The third-order valence-corrected chi connectivity index (χ3v) is 3.95. The minimum absolute atomic E-state index is 0.0424. The van der Waals surface area contributed by atoms with Crippen molar-refractivity contribution in [2.75, 3.05) is 7.11 Å². The summed E-state index contributed by atoms with van der Waals surface area (Å²) in [5, 5.41) is 6.79. The van der Waals surface area contributed by atoms with Gasteiger partial charge in [0.2, 0.25) is 0 Å². The molecule has 26 heavy (non-hydrogen) atoms. The largest absolute Gasteiger partial charge is 0.496 e. The molecule has 2 aromatic carbocycles. The first-order chi connectivity index (χ1) is 12.5. The van der Waals surface area contributed by atoms with Crippen LogP contribution in [0, 0.1) is 11.6 Å². The molecule has 3 rings (SSSR count). The van der Waals surface area contributed by atoms with Crippen molar-refractivity contribution in [1.82, 2.24) is 15.1 Å². The Morgan fingerprint density at radius 2 is 1.96 bits per heavy atom. The first kappa shape index (κ1) is 17.6. The number of aromatic nitrogens is 2. The molecule has 1 aromatic heterocycles. The van der Waals surface area contributed by atoms with Crippen molar-refractivity contribution in [2.24, 2.45) is 7.05 Å². The second-order valence-corrected chi connectivity index (χ2v) is 5.66. The van der Waals surface area contributed by atoms with Crippen LogP contribution < -0.4 is 10.1 Å². The van der Waals surface area contributed by atoms with Crippen LogP contribution in [0.25, 0.3) is 11.3 Å². The average Bonchev–Trinajstić information content (AvgIpc) is 3.02. The Labute approximate surface area is 149 Å². The van der Waals surface area contributed by atoms with Crippen LogP contribution in [-0.2, 0) is 13.6 Å². The lowest BCUT2D eigenvalue weighted by Crippen LogP contribution is -2.23. The number of hydrogen-bond donors (Lipinski definition) is 1. The summed E-state index contributed by atoms with van der Waals surface area (Å²) in [7, 11) is 3.13. The number of methoxy groups -OCH3 is 1. The van der Waals surface area contributed by atoms with Crippen LogP contribution in [-0.4, -0.2) is 22.8 Å². The highest BCUT2D eigenvalue weighted by Gasteiger charge is 2.17. The standard InChI is InChI=1S/C19H17F2N3O2/c1-24-17(14-9-13(20)7-8-18(14)26-2)10-16(23-24)19(25)22-11-12-5-3-4-6-15(12)21/h3-10H,11H2,1-2H3,(H,22,25). The third kappa shape index (κ3) is 3.56. The van der Waals surface area contributed by atoms with Crippen molar-refractivity contribution >= 4 is 5.91 Å². The molecular weight excluding hydrogens is 340 g/mol. The number of halogens is 2. The summed E-state index contributed by atoms with van der Waals surface area (Å²) in [4.78, 5) is 12.3. The van der Waals surface area contributed by atoms with Gasteiger partial charge < -0.3 is 10.1 Å². The molecule has 0 unspecified atom stereocenters. The highest BCUT2D eigenvalue weighted by molar-refractivity contribution is 5.93. The van der Waals surface area contributed by atoms with Crippen molar-refractivity contribution in [1.29, 1.82) is 0 Å². The Morgan fingerprint density at radius 1 is 1.19 bits per heavy atom. The molecule has 0 fully saturated rings. The van der Waals surface area contributed by atoms with E-state index >= 15 is 0 Å². The van der Waals surface area contributed by atoms with Crippen LogP contribution >= 0.6 is 0 Å². The van der Waals surface area contributed by atoms with E-state index in [1.54, 1.807) is 25.2 Å². The summed E-state index contributed by atoms with van der Waals surface area (Å²) in [6, 6.07) is 11.9. The van der Waals surface area contributed by atoms with Crippen LogP contribution in [0.3, 0.4) is 0 Å². The van der Waals surface area contributed by atoms with Gasteiger partial charge in [-0.2, -0.15) is 5.10 Å². The predicted octanol–water partition coefficient (Wildman–Crippen LogP) is 3.30. The van der Waals surface area contributed by atoms with Gasteiger partial charge in [-0.25, -0.2) is 8.78 Å². The minimum atomic E-state index is -0.453. The Kier molecular flexibility index (Phi) is 4.97. The van der Waals surface area contributed by atoms with Gasteiger partial charge in [0, 0.05) is 24.7 Å². The van der Waals surface area contributed by atoms with Gasteiger partial charge in [-0.15, -0.1) is 0 Å². The molecule has 0 aliphatic rings. The van der Waals surface area contributed by atoms with Gasteiger partial charge >= 0.3 is 0 Å². The number of carbonyl (C=O) groups is 1. The van der Waals surface area contributed by atoms with Crippen LogP contribution in [0.2, 0.25) is 0 Å². The van der Waals surface area contributed by atoms with E-state index in [1.165, 1.54) is 42.1 Å². The van der Waals surface area contributed by atoms with Crippen molar-refractivity contribution in [3.63, 3.8) is 0 Å². The number of rotatable bonds is 5. The zero-order valence-electron chi connectivity index (χ0n) is 14.3. The second kappa shape index (κ2) is 7.35. The SMILES string of the molecule is COc1ccc(F)cc1-c1cc(C(=O)NCc2ccccc2F)nn1C. The molecule has 0 atom stereocenters. The molecule has 1 N–H and O–H groups in total. The minimum Gasteiger partial charge on any atom is -0.496 e. The molecule has 7 heteroatoms. The summed E-state index contributed by atoms with van der Waals surface area (Å²) in [5.74, 6) is -0.801. The van der Waals surface area contributed by atoms with E-state index in [4.69, 9.17) is 4.74 Å². The number of benzene rings is 2. The van der Waals surface area contributed by atoms with Gasteiger partial charge in [0.05, 0.1) is 12.8 Å². The molecule has 0 saturated heterocycles. The van der Waals surface area contributed by atoms with E-state index in [-0.39, 0.29) is 18.1 Å². The normalized spacial score (nSPS) is 10.6. The number of carbonyl (C=O) groups excluding carboxylic acids is 1. The zero-order valence-corrected chi connectivity index (χ0v) is 14.3. The summed E-state index contributed by atoms with van der Waals surface area (Å²) in [6.45, 7) is 0.0424. The summed E-state index contributed by atoms with van der Waals surface area (Å²) < 4.78 is 34.0. The van der Waals surface area contributed by atoms with E-state index in [1.807, 2.05) is 0 Å². The second-order valence-electron chi connectivity index (χ2n) is 5.66. The molecule has 1 heterocycles. The molecule has 0 aliphatic carbocycles. The maximum atomic E-state index is 13.6. The predicted molar refractivity (Wildman–Crippen MR) is 92.7 cm³/mol. The fourth-order valence-electron chi connectivity index (χ4n) is 2.62. The maximum absolute atomic E-state index is 13.6. The van der Waals surface area contributed by atoms with E-state index in [0.29, 0.717) is 22.6 Å². The summed E-state index contributed by atoms with van der Waals surface area (Å²) in [5.41, 5.74) is 1.53. The lowest BCUT2D eigenvalue weighted by molar-refractivity contribution is 0.0945. The summed E-state index contributed by atoms with van der Waals surface area (Å²) in [6.07, 6.45) is 0. The number of nitrogens with one attached hydrogen (secondary N) is 1. The molecule has 1 amide bonds. The van der Waals surface area contributed by atoms with E-state index in [9.17, 15) is 13.6 Å². The average molecular weight is 357 g/mol. The fraction of sp³-hybridized carbons (Fsp3) is 0.158. The number of ether oxygens (including phenoxy) is 1. The van der Waals surface area contributed by atoms with E-state index in [0.717, 1.165) is 0 Å². The number of hydrogen-bond acceptors (Lipinski definition) is 3. The van der Waals surface area contributed by atoms with Crippen molar-refractivity contribution in [3.05, 3.63) is 71.4 Å². The lowest BCUT2D eigenvalue weighted by atomic mass is 10.1. The first-order valence-corrected chi connectivity index (χ1v) is 7.89. The number of aryl methyl sites for hydroxylation is 1. The Bertz CT molecular complexity index is 954. The van der Waals surface area contributed by atoms with Gasteiger partial charge in [-0.1, -0.05) is 18.2 Å². The van der Waals surface area contributed by atoms with Gasteiger partial charge in [-0.3, -0.25) is 9.48 Å². The third-order valence-electron chi connectivity index (χ3n) is 3.95. The van der Waals surface area contributed by atoms with Crippen molar-refractivity contribution in [2.45, 2.75) is 6.54 Å². The first-order valence-electron chi connectivity index (χ1n) is 7.89. The highest BCUT2D eigenvalue weighted by atomic mass is 19.1. The Morgan fingerprint density at radius 3 is 2.69 bits per heavy atom. The molecule has 0 saturated carbocycles. The van der Waals surface area contributed by atoms with E-state index in [2.05, 4.69) is 10.4 Å². The molecule has 3 aromatic rings. The fourth-order valence-corrected chi connectivity index (χ4v) is 2.62.